The minimum atomic E-state index is 0.120. The molecule has 1 unspecified atom stereocenters. The lowest BCUT2D eigenvalue weighted by Gasteiger charge is -2.21. The average Bonchev–Trinajstić information content (AvgIpc) is 3.54. The Labute approximate surface area is 174 Å². The summed E-state index contributed by atoms with van der Waals surface area (Å²) in [5, 5.41) is 17.3. The molecule has 2 N–H and O–H groups in total. The van der Waals surface area contributed by atoms with E-state index in [2.05, 4.69) is 26.5 Å². The summed E-state index contributed by atoms with van der Waals surface area (Å²) in [6.45, 7) is 0. The Morgan fingerprint density at radius 3 is 2.80 bits per heavy atom. The number of para-hydroxylation sites is 1. The Morgan fingerprint density at radius 1 is 1.17 bits per heavy atom. The number of aromatic amines is 1. The minimum absolute atomic E-state index is 0.120. The van der Waals surface area contributed by atoms with Gasteiger partial charge in [-0.1, -0.05) is 31.0 Å². The first-order valence-corrected chi connectivity index (χ1v) is 10.4. The maximum Gasteiger partial charge on any atom is 0.228 e. The molecule has 1 aliphatic rings. The molecule has 30 heavy (non-hydrogen) atoms. The molecule has 3 heterocycles. The van der Waals surface area contributed by atoms with E-state index < -0.39 is 0 Å². The van der Waals surface area contributed by atoms with E-state index in [-0.39, 0.29) is 6.04 Å². The zero-order chi connectivity index (χ0) is 20.3. The number of nitriles is 1. The first kappa shape index (κ1) is 18.4. The topological polar surface area (TPSA) is 95.2 Å². The van der Waals surface area contributed by atoms with Crippen LogP contribution in [0.15, 0.2) is 55.0 Å². The number of fused-ring (bicyclic) bond motifs is 1. The summed E-state index contributed by atoms with van der Waals surface area (Å²) in [6.07, 6.45) is 11.0. The van der Waals surface area contributed by atoms with Gasteiger partial charge in [0.2, 0.25) is 5.95 Å². The fourth-order valence-corrected chi connectivity index (χ4v) is 4.41. The molecule has 0 amide bonds. The van der Waals surface area contributed by atoms with Crippen molar-refractivity contribution in [2.75, 3.05) is 5.32 Å². The molecule has 3 aromatic heterocycles. The molecule has 4 aromatic rings. The molecule has 0 radical (unpaired) electrons. The van der Waals surface area contributed by atoms with Gasteiger partial charge in [0.15, 0.2) is 0 Å². The fourth-order valence-electron chi connectivity index (χ4n) is 4.41. The maximum atomic E-state index is 9.35. The highest BCUT2D eigenvalue weighted by atomic mass is 15.3. The number of hydrogen-bond acceptors (Lipinski definition) is 5. The van der Waals surface area contributed by atoms with E-state index in [1.54, 1.807) is 0 Å². The van der Waals surface area contributed by atoms with E-state index >= 15 is 0 Å². The Hall–Kier alpha value is -3.66. The average molecular weight is 397 g/mol. The smallest absolute Gasteiger partial charge is 0.228 e. The Bertz CT molecular complexity index is 1180. The Balaban J connectivity index is 1.51. The highest BCUT2D eigenvalue weighted by Gasteiger charge is 2.27. The number of aromatic nitrogens is 5. The Kier molecular flexibility index (Phi) is 4.89. The molecule has 0 bridgehead atoms. The van der Waals surface area contributed by atoms with Crippen LogP contribution in [0.5, 0.6) is 0 Å². The summed E-state index contributed by atoms with van der Waals surface area (Å²) < 4.78 is 1.97. The van der Waals surface area contributed by atoms with Gasteiger partial charge in [0.1, 0.15) is 5.69 Å². The standard InChI is InChI=1S/C23H23N7/c24-12-10-20(16-6-4-5-7-16)30-15-17(14-26-30)21-22-19(11-13-25-22)28-23(29-21)27-18-8-2-1-3-9-18/h1-3,8-9,11,13-16,20,25H,4-7,10H2,(H,27,28,29). The molecule has 0 spiro atoms. The van der Waals surface area contributed by atoms with Crippen LogP contribution in [0.25, 0.3) is 22.3 Å². The van der Waals surface area contributed by atoms with Crippen molar-refractivity contribution in [3.05, 3.63) is 55.0 Å². The first-order chi connectivity index (χ1) is 14.8. The SMILES string of the molecule is N#CCC(C1CCCC1)n1cc(-c2nc(Nc3ccccc3)nc3cc[nH]c23)cn1. The number of nitrogens with zero attached hydrogens (tertiary/aromatic N) is 5. The summed E-state index contributed by atoms with van der Waals surface area (Å²) in [6, 6.07) is 14.3. The van der Waals surface area contributed by atoms with Crippen molar-refractivity contribution < 1.29 is 0 Å². The van der Waals surface area contributed by atoms with Crippen LogP contribution in [-0.4, -0.2) is 24.7 Å². The van der Waals surface area contributed by atoms with Crippen molar-refractivity contribution in [3.8, 4) is 17.3 Å². The van der Waals surface area contributed by atoms with E-state index in [4.69, 9.17) is 4.98 Å². The zero-order valence-corrected chi connectivity index (χ0v) is 16.6. The molecule has 7 nitrogen and oxygen atoms in total. The normalized spacial score (nSPS) is 15.3. The van der Waals surface area contributed by atoms with Gasteiger partial charge in [0, 0.05) is 23.6 Å². The Morgan fingerprint density at radius 2 is 2.00 bits per heavy atom. The molecule has 1 atom stereocenters. The molecule has 7 heteroatoms. The lowest BCUT2D eigenvalue weighted by atomic mass is 9.96. The van der Waals surface area contributed by atoms with Crippen molar-refractivity contribution >= 4 is 22.7 Å². The van der Waals surface area contributed by atoms with Crippen LogP contribution >= 0.6 is 0 Å². The monoisotopic (exact) mass is 397 g/mol. The number of rotatable bonds is 6. The molecule has 1 aliphatic carbocycles. The summed E-state index contributed by atoms with van der Waals surface area (Å²) in [5.41, 5.74) is 4.38. The molecule has 1 fully saturated rings. The third kappa shape index (κ3) is 3.52. The minimum Gasteiger partial charge on any atom is -0.358 e. The van der Waals surface area contributed by atoms with Crippen molar-refractivity contribution in [1.82, 2.24) is 24.7 Å². The number of hydrogen-bond donors (Lipinski definition) is 2. The second-order valence-corrected chi connectivity index (χ2v) is 7.81. The summed E-state index contributed by atoms with van der Waals surface area (Å²) in [5.74, 6) is 1.06. The molecule has 150 valence electrons. The first-order valence-electron chi connectivity index (χ1n) is 10.4. The van der Waals surface area contributed by atoms with E-state index in [0.717, 1.165) is 28.0 Å². The lowest BCUT2D eigenvalue weighted by molar-refractivity contribution is 0.315. The van der Waals surface area contributed by atoms with Gasteiger partial charge in [0.05, 0.1) is 35.8 Å². The maximum absolute atomic E-state index is 9.35. The van der Waals surface area contributed by atoms with Gasteiger partial charge in [-0.15, -0.1) is 0 Å². The molecule has 1 saturated carbocycles. The third-order valence-corrected chi connectivity index (χ3v) is 5.89. The number of benzene rings is 1. The molecular weight excluding hydrogens is 374 g/mol. The van der Waals surface area contributed by atoms with Gasteiger partial charge in [-0.25, -0.2) is 9.97 Å². The second kappa shape index (κ2) is 7.99. The van der Waals surface area contributed by atoms with Crippen LogP contribution < -0.4 is 5.32 Å². The van der Waals surface area contributed by atoms with Gasteiger partial charge in [-0.2, -0.15) is 10.4 Å². The summed E-state index contributed by atoms with van der Waals surface area (Å²) in [4.78, 5) is 12.7. The van der Waals surface area contributed by atoms with Crippen LogP contribution in [0.3, 0.4) is 0 Å². The lowest BCUT2D eigenvalue weighted by Crippen LogP contribution is -2.17. The van der Waals surface area contributed by atoms with Crippen LogP contribution in [-0.2, 0) is 0 Å². The molecule has 5 rings (SSSR count). The van der Waals surface area contributed by atoms with Crippen molar-refractivity contribution in [2.24, 2.45) is 5.92 Å². The largest absolute Gasteiger partial charge is 0.358 e. The molecular formula is C23H23N7. The summed E-state index contributed by atoms with van der Waals surface area (Å²) >= 11 is 0. The fraction of sp³-hybridized carbons (Fsp3) is 0.304. The predicted molar refractivity (Wildman–Crippen MR) is 116 cm³/mol. The predicted octanol–water partition coefficient (Wildman–Crippen LogP) is 5.21. The molecule has 0 saturated heterocycles. The molecule has 0 aliphatic heterocycles. The number of nitrogens with one attached hydrogen (secondary N) is 2. The highest BCUT2D eigenvalue weighted by molar-refractivity contribution is 5.90. The molecule has 1 aromatic carbocycles. The highest BCUT2D eigenvalue weighted by Crippen LogP contribution is 2.37. The number of anilines is 2. The summed E-state index contributed by atoms with van der Waals surface area (Å²) in [7, 11) is 0. The van der Waals surface area contributed by atoms with Crippen molar-refractivity contribution in [3.63, 3.8) is 0 Å². The van der Waals surface area contributed by atoms with E-state index in [1.165, 1.54) is 25.7 Å². The van der Waals surface area contributed by atoms with Gasteiger partial charge in [-0.3, -0.25) is 4.68 Å². The van der Waals surface area contributed by atoms with Gasteiger partial charge >= 0.3 is 0 Å². The van der Waals surface area contributed by atoms with Crippen LogP contribution in [0.4, 0.5) is 11.6 Å². The third-order valence-electron chi connectivity index (χ3n) is 5.89. The van der Waals surface area contributed by atoms with Crippen LogP contribution in [0.2, 0.25) is 0 Å². The van der Waals surface area contributed by atoms with Crippen molar-refractivity contribution in [2.45, 2.75) is 38.1 Å². The van der Waals surface area contributed by atoms with Crippen molar-refractivity contribution in [1.29, 1.82) is 5.26 Å². The second-order valence-electron chi connectivity index (χ2n) is 7.81. The number of H-pyrrole nitrogens is 1. The quantitative estimate of drug-likeness (QED) is 0.466. The van der Waals surface area contributed by atoms with E-state index in [0.29, 0.717) is 18.3 Å². The van der Waals surface area contributed by atoms with E-state index in [9.17, 15) is 5.26 Å². The zero-order valence-electron chi connectivity index (χ0n) is 16.6. The van der Waals surface area contributed by atoms with Crippen LogP contribution in [0, 0.1) is 17.2 Å². The van der Waals surface area contributed by atoms with Gasteiger partial charge < -0.3 is 10.3 Å². The van der Waals surface area contributed by atoms with Gasteiger partial charge in [-0.05, 0) is 37.0 Å². The van der Waals surface area contributed by atoms with Gasteiger partial charge in [0.25, 0.3) is 0 Å². The van der Waals surface area contributed by atoms with Crippen LogP contribution in [0.1, 0.15) is 38.1 Å². The van der Waals surface area contributed by atoms with E-state index in [1.807, 2.05) is 59.7 Å².